The number of hydrogen-bond donors (Lipinski definition) is 0. The summed E-state index contributed by atoms with van der Waals surface area (Å²) in [4.78, 5) is 38.4. The zero-order valence-electron chi connectivity index (χ0n) is 18.6. The van der Waals surface area contributed by atoms with Crippen molar-refractivity contribution in [1.82, 2.24) is 14.7 Å². The van der Waals surface area contributed by atoms with Crippen LogP contribution in [0.4, 0.5) is 10.5 Å². The predicted molar refractivity (Wildman–Crippen MR) is 122 cm³/mol. The predicted octanol–water partition coefficient (Wildman–Crippen LogP) is 2.67. The normalized spacial score (nSPS) is 22.3. The number of aryl methyl sites for hydroxylation is 1. The van der Waals surface area contributed by atoms with E-state index in [1.54, 1.807) is 11.9 Å². The van der Waals surface area contributed by atoms with E-state index in [-0.39, 0.29) is 18.5 Å². The average molecular weight is 434 g/mol. The van der Waals surface area contributed by atoms with Crippen molar-refractivity contribution in [3.63, 3.8) is 0 Å². The van der Waals surface area contributed by atoms with Crippen LogP contribution in [0.2, 0.25) is 0 Å². The lowest BCUT2D eigenvalue weighted by Crippen LogP contribution is -2.64. The molecule has 0 N–H and O–H groups in total. The molecule has 3 aliphatic heterocycles. The van der Waals surface area contributed by atoms with E-state index in [9.17, 15) is 9.59 Å². The molecular weight excluding hydrogens is 406 g/mol. The van der Waals surface area contributed by atoms with Crippen molar-refractivity contribution < 1.29 is 14.3 Å². The average Bonchev–Trinajstić information content (AvgIpc) is 3.37. The highest BCUT2D eigenvalue weighted by Crippen LogP contribution is 2.34. The van der Waals surface area contributed by atoms with E-state index in [4.69, 9.17) is 9.73 Å². The van der Waals surface area contributed by atoms with Gasteiger partial charge in [0.1, 0.15) is 5.75 Å². The number of anilines is 1. The highest BCUT2D eigenvalue weighted by Gasteiger charge is 2.54. The summed E-state index contributed by atoms with van der Waals surface area (Å²) < 4.78 is 5.54. The maximum absolute atomic E-state index is 13.5. The van der Waals surface area contributed by atoms with Crippen molar-refractivity contribution in [2.75, 3.05) is 31.6 Å². The van der Waals surface area contributed by atoms with Gasteiger partial charge in [-0.05, 0) is 43.7 Å². The topological polar surface area (TPSA) is 68.7 Å². The highest BCUT2D eigenvalue weighted by atomic mass is 16.5. The molecule has 2 unspecified atom stereocenters. The molecule has 0 bridgehead atoms. The summed E-state index contributed by atoms with van der Waals surface area (Å²) in [5, 5.41) is 0. The van der Waals surface area contributed by atoms with Crippen LogP contribution < -0.4 is 9.64 Å². The number of ether oxygens (including phenoxy) is 1. The largest absolute Gasteiger partial charge is 0.494 e. The lowest BCUT2D eigenvalue weighted by atomic mass is 10.1. The summed E-state index contributed by atoms with van der Waals surface area (Å²) in [6.45, 7) is 6.27. The summed E-state index contributed by atoms with van der Waals surface area (Å²) in [5.41, 5.74) is 3.06. The monoisotopic (exact) mass is 433 g/mol. The minimum absolute atomic E-state index is 0.189. The van der Waals surface area contributed by atoms with Crippen molar-refractivity contribution in [2.24, 2.45) is 4.99 Å². The number of carbonyl (C=O) groups excluding carboxylic acids is 2. The molecule has 8 heteroatoms. The zero-order chi connectivity index (χ0) is 22.4. The summed E-state index contributed by atoms with van der Waals surface area (Å²) in [7, 11) is 1.72. The fourth-order valence-corrected chi connectivity index (χ4v) is 4.59. The fourth-order valence-electron chi connectivity index (χ4n) is 4.59. The Morgan fingerprint density at radius 3 is 2.44 bits per heavy atom. The molecule has 0 aromatic heterocycles. The third-order valence-electron chi connectivity index (χ3n) is 6.30. The lowest BCUT2D eigenvalue weighted by molar-refractivity contribution is -0.137. The number of imide groups is 1. The molecule has 2 fully saturated rings. The zero-order valence-corrected chi connectivity index (χ0v) is 18.6. The summed E-state index contributed by atoms with van der Waals surface area (Å²) >= 11 is 0. The Labute approximate surface area is 187 Å². The quantitative estimate of drug-likeness (QED) is 0.725. The number of fused-ring (bicyclic) bond motifs is 3. The first-order valence-corrected chi connectivity index (χ1v) is 11.0. The maximum Gasteiger partial charge on any atom is 0.328 e. The molecule has 0 spiro atoms. The minimum atomic E-state index is -0.509. The van der Waals surface area contributed by atoms with Gasteiger partial charge in [-0.3, -0.25) is 9.69 Å². The fraction of sp³-hybridized carbons (Fsp3) is 0.375. The van der Waals surface area contributed by atoms with E-state index in [0.29, 0.717) is 13.2 Å². The van der Waals surface area contributed by atoms with E-state index < -0.39 is 12.2 Å². The van der Waals surface area contributed by atoms with Crippen molar-refractivity contribution in [3.8, 4) is 5.75 Å². The molecule has 2 saturated heterocycles. The highest BCUT2D eigenvalue weighted by molar-refractivity contribution is 6.07. The number of amides is 3. The number of benzene rings is 2. The van der Waals surface area contributed by atoms with E-state index >= 15 is 0 Å². The molecule has 0 saturated carbocycles. The summed E-state index contributed by atoms with van der Waals surface area (Å²) in [5.74, 6) is 1.38. The van der Waals surface area contributed by atoms with Crippen LogP contribution in [-0.4, -0.2) is 71.5 Å². The molecule has 3 amide bonds. The molecule has 0 aliphatic carbocycles. The van der Waals surface area contributed by atoms with E-state index in [1.807, 2.05) is 67.3 Å². The molecule has 5 rings (SSSR count). The van der Waals surface area contributed by atoms with Gasteiger partial charge in [0.2, 0.25) is 5.96 Å². The van der Waals surface area contributed by atoms with Gasteiger partial charge in [-0.1, -0.05) is 29.8 Å². The molecule has 2 aromatic rings. The van der Waals surface area contributed by atoms with Gasteiger partial charge in [-0.2, -0.15) is 0 Å². The number of urea groups is 1. The minimum Gasteiger partial charge on any atom is -0.494 e. The second-order valence-electron chi connectivity index (χ2n) is 8.36. The third kappa shape index (κ3) is 3.26. The van der Waals surface area contributed by atoms with Gasteiger partial charge in [0.05, 0.1) is 13.2 Å². The Morgan fingerprint density at radius 2 is 1.75 bits per heavy atom. The molecule has 32 heavy (non-hydrogen) atoms. The SMILES string of the molecule is CCOc1ccc(N2CCN3C2=NC2C3C(=O)N(Cc3ccc(C)cc3)C(=O)N2C)cc1. The van der Waals surface area contributed by atoms with E-state index in [2.05, 4.69) is 4.90 Å². The second-order valence-corrected chi connectivity index (χ2v) is 8.36. The van der Waals surface area contributed by atoms with Crippen LogP contribution in [-0.2, 0) is 11.3 Å². The van der Waals surface area contributed by atoms with Gasteiger partial charge in [0.25, 0.3) is 5.91 Å². The third-order valence-corrected chi connectivity index (χ3v) is 6.30. The van der Waals surface area contributed by atoms with Crippen LogP contribution in [0.3, 0.4) is 0 Å². The lowest BCUT2D eigenvalue weighted by Gasteiger charge is -2.40. The molecule has 0 radical (unpaired) electrons. The number of carbonyl (C=O) groups is 2. The van der Waals surface area contributed by atoms with Crippen molar-refractivity contribution in [1.29, 1.82) is 0 Å². The van der Waals surface area contributed by atoms with Gasteiger partial charge in [-0.25, -0.2) is 9.79 Å². The van der Waals surface area contributed by atoms with E-state index in [1.165, 1.54) is 4.90 Å². The van der Waals surface area contributed by atoms with Crippen LogP contribution in [0.1, 0.15) is 18.1 Å². The van der Waals surface area contributed by atoms with Crippen LogP contribution in [0.15, 0.2) is 53.5 Å². The molecule has 166 valence electrons. The van der Waals surface area contributed by atoms with Gasteiger partial charge in [0, 0.05) is 25.8 Å². The van der Waals surface area contributed by atoms with Gasteiger partial charge in [-0.15, -0.1) is 0 Å². The standard InChI is InChI=1S/C24H27N5O3/c1-4-32-19-11-9-18(10-12-19)27-13-14-28-20-21(25-23(27)28)26(3)24(31)29(22(20)30)15-17-7-5-16(2)6-8-17/h5-12,20-21H,4,13-15H2,1-3H3. The molecular formula is C24H27N5O3. The summed E-state index contributed by atoms with van der Waals surface area (Å²) in [6.07, 6.45) is -0.509. The molecule has 8 nitrogen and oxygen atoms in total. The van der Waals surface area contributed by atoms with Gasteiger partial charge in [0.15, 0.2) is 12.2 Å². The Balaban J connectivity index is 1.39. The summed E-state index contributed by atoms with van der Waals surface area (Å²) in [6, 6.07) is 15.0. The number of rotatable bonds is 5. The Morgan fingerprint density at radius 1 is 1.03 bits per heavy atom. The van der Waals surface area contributed by atoms with Gasteiger partial charge < -0.3 is 19.4 Å². The Kier molecular flexibility index (Phi) is 5.00. The van der Waals surface area contributed by atoms with Crippen LogP contribution in [0.25, 0.3) is 0 Å². The number of aliphatic imine (C=N–C) groups is 1. The smallest absolute Gasteiger partial charge is 0.328 e. The molecule has 2 aromatic carbocycles. The van der Waals surface area contributed by atoms with Crippen LogP contribution in [0.5, 0.6) is 5.75 Å². The Bertz CT molecular complexity index is 1070. The first kappa shape index (κ1) is 20.4. The Hall–Kier alpha value is -3.55. The molecule has 3 heterocycles. The molecule has 2 atom stereocenters. The second kappa shape index (κ2) is 7.85. The van der Waals surface area contributed by atoms with Gasteiger partial charge >= 0.3 is 6.03 Å². The van der Waals surface area contributed by atoms with Crippen LogP contribution in [0, 0.1) is 6.92 Å². The number of guanidine groups is 1. The van der Waals surface area contributed by atoms with E-state index in [0.717, 1.165) is 35.1 Å². The number of likely N-dealkylation sites (N-methyl/N-ethyl adjacent to an activating group) is 1. The molecule has 3 aliphatic rings. The first-order valence-electron chi connectivity index (χ1n) is 11.0. The van der Waals surface area contributed by atoms with Crippen molar-refractivity contribution >= 4 is 23.6 Å². The maximum atomic E-state index is 13.5. The number of hydrogen-bond acceptors (Lipinski definition) is 6. The van der Waals surface area contributed by atoms with Crippen LogP contribution >= 0.6 is 0 Å². The first-order chi connectivity index (χ1) is 15.5. The van der Waals surface area contributed by atoms with Crippen molar-refractivity contribution in [2.45, 2.75) is 32.6 Å². The number of nitrogens with zero attached hydrogens (tertiary/aromatic N) is 5. The van der Waals surface area contributed by atoms with Crippen molar-refractivity contribution in [3.05, 3.63) is 59.7 Å².